The van der Waals surface area contributed by atoms with E-state index in [1.807, 2.05) is 6.92 Å². The molecule has 0 saturated heterocycles. The second kappa shape index (κ2) is 5.40. The minimum absolute atomic E-state index is 0.0929. The van der Waals surface area contributed by atoms with Crippen molar-refractivity contribution >= 4 is 17.5 Å². The van der Waals surface area contributed by atoms with Gasteiger partial charge < -0.3 is 5.32 Å². The van der Waals surface area contributed by atoms with E-state index in [-0.39, 0.29) is 11.9 Å². The predicted octanol–water partition coefficient (Wildman–Crippen LogP) is 3.11. The highest BCUT2D eigenvalue weighted by molar-refractivity contribution is 6.33. The van der Waals surface area contributed by atoms with E-state index in [0.717, 1.165) is 11.8 Å². The topological polar surface area (TPSA) is 46.9 Å². The quantitative estimate of drug-likeness (QED) is 0.928. The lowest BCUT2D eigenvalue weighted by molar-refractivity contribution is 0.0904. The zero-order valence-corrected chi connectivity index (χ0v) is 12.9. The zero-order valence-electron chi connectivity index (χ0n) is 12.1. The van der Waals surface area contributed by atoms with Crippen LogP contribution in [0.2, 0.25) is 5.02 Å². The molecule has 0 aromatic carbocycles. The first-order valence-corrected chi connectivity index (χ1v) is 8.00. The molecule has 1 N–H and O–H groups in total. The van der Waals surface area contributed by atoms with Gasteiger partial charge in [0.2, 0.25) is 0 Å². The van der Waals surface area contributed by atoms with Crippen LogP contribution in [0.4, 0.5) is 0 Å². The summed E-state index contributed by atoms with van der Waals surface area (Å²) in [6, 6.07) is 0.217. The fourth-order valence-electron chi connectivity index (χ4n) is 4.12. The average Bonchev–Trinajstić information content (AvgIpc) is 3.12. The maximum atomic E-state index is 12.4. The molecule has 4 nitrogen and oxygen atoms in total. The third kappa shape index (κ3) is 2.34. The highest BCUT2D eigenvalue weighted by Gasteiger charge is 2.42. The number of nitrogens with zero attached hydrogens (tertiary/aromatic N) is 2. The van der Waals surface area contributed by atoms with E-state index in [1.165, 1.54) is 25.7 Å². The second-order valence-electron chi connectivity index (χ2n) is 6.26. The van der Waals surface area contributed by atoms with Gasteiger partial charge in [-0.2, -0.15) is 5.10 Å². The summed E-state index contributed by atoms with van der Waals surface area (Å²) in [5.41, 5.74) is 0.490. The molecule has 2 aliphatic carbocycles. The normalized spacial score (nSPS) is 29.6. The van der Waals surface area contributed by atoms with E-state index in [4.69, 9.17) is 11.6 Å². The summed E-state index contributed by atoms with van der Waals surface area (Å²) in [5.74, 6) is 2.25. The minimum atomic E-state index is -0.0929. The number of carbonyl (C=O) groups excluding carboxylic acids is 1. The SMILES string of the molecule is CCn1ncc(Cl)c1C(=O)N[C@H](C)[C@@H]1C[C@@H]2CC[C@@H]1C2. The highest BCUT2D eigenvalue weighted by Crippen LogP contribution is 2.49. The number of hydrogen-bond acceptors (Lipinski definition) is 2. The first kappa shape index (κ1) is 13.9. The maximum absolute atomic E-state index is 12.4. The van der Waals surface area contributed by atoms with Gasteiger partial charge in [0.05, 0.1) is 11.2 Å². The summed E-state index contributed by atoms with van der Waals surface area (Å²) in [7, 11) is 0. The Hall–Kier alpha value is -1.03. The van der Waals surface area contributed by atoms with E-state index in [2.05, 4.69) is 17.3 Å². The molecule has 5 heteroatoms. The van der Waals surface area contributed by atoms with Gasteiger partial charge in [-0.25, -0.2) is 0 Å². The molecule has 2 fully saturated rings. The van der Waals surface area contributed by atoms with E-state index >= 15 is 0 Å². The lowest BCUT2D eigenvalue weighted by atomic mass is 9.84. The molecular weight excluding hydrogens is 274 g/mol. The zero-order chi connectivity index (χ0) is 14.3. The first-order chi connectivity index (χ1) is 9.60. The van der Waals surface area contributed by atoms with Crippen LogP contribution in [-0.4, -0.2) is 21.7 Å². The van der Waals surface area contributed by atoms with Gasteiger partial charge >= 0.3 is 0 Å². The largest absolute Gasteiger partial charge is 0.348 e. The number of halogens is 1. The lowest BCUT2D eigenvalue weighted by Gasteiger charge is -2.28. The molecule has 0 spiro atoms. The summed E-state index contributed by atoms with van der Waals surface area (Å²) in [5, 5.41) is 7.70. The third-order valence-electron chi connectivity index (χ3n) is 5.10. The molecule has 2 bridgehead atoms. The van der Waals surface area contributed by atoms with E-state index in [1.54, 1.807) is 10.9 Å². The van der Waals surface area contributed by atoms with E-state index in [9.17, 15) is 4.79 Å². The summed E-state index contributed by atoms with van der Waals surface area (Å²) in [6.45, 7) is 4.74. The van der Waals surface area contributed by atoms with Gasteiger partial charge in [0.1, 0.15) is 5.69 Å². The van der Waals surface area contributed by atoms with Crippen molar-refractivity contribution in [2.24, 2.45) is 17.8 Å². The van der Waals surface area contributed by atoms with Crippen LogP contribution in [0, 0.1) is 17.8 Å². The van der Waals surface area contributed by atoms with Crippen molar-refractivity contribution in [1.82, 2.24) is 15.1 Å². The number of fused-ring (bicyclic) bond motifs is 2. The highest BCUT2D eigenvalue weighted by atomic mass is 35.5. The van der Waals surface area contributed by atoms with E-state index in [0.29, 0.717) is 23.2 Å². The van der Waals surface area contributed by atoms with Gasteiger partial charge in [-0.15, -0.1) is 0 Å². The van der Waals surface area contributed by atoms with Gasteiger partial charge in [-0.05, 0) is 50.9 Å². The van der Waals surface area contributed by atoms with Gasteiger partial charge in [0, 0.05) is 12.6 Å². The molecule has 1 aromatic heterocycles. The Kier molecular flexibility index (Phi) is 3.76. The fourth-order valence-corrected chi connectivity index (χ4v) is 4.34. The molecule has 20 heavy (non-hydrogen) atoms. The van der Waals surface area contributed by atoms with Crippen LogP contribution in [0.5, 0.6) is 0 Å². The predicted molar refractivity (Wildman–Crippen MR) is 78.8 cm³/mol. The van der Waals surface area contributed by atoms with Crippen LogP contribution in [0.15, 0.2) is 6.20 Å². The third-order valence-corrected chi connectivity index (χ3v) is 5.38. The van der Waals surface area contributed by atoms with Crippen LogP contribution >= 0.6 is 11.6 Å². The summed E-state index contributed by atoms with van der Waals surface area (Å²) in [6.07, 6.45) is 6.90. The molecule has 110 valence electrons. The Morgan fingerprint density at radius 2 is 2.35 bits per heavy atom. The number of rotatable bonds is 4. The molecule has 1 aromatic rings. The first-order valence-electron chi connectivity index (χ1n) is 7.62. The molecule has 0 unspecified atom stereocenters. The van der Waals surface area contributed by atoms with Crippen molar-refractivity contribution in [3.05, 3.63) is 16.9 Å². The minimum Gasteiger partial charge on any atom is -0.348 e. The van der Waals surface area contributed by atoms with Gasteiger partial charge in [-0.3, -0.25) is 9.48 Å². The molecular formula is C15H22ClN3O. The lowest BCUT2D eigenvalue weighted by Crippen LogP contribution is -2.41. The Bertz CT molecular complexity index is 513. The van der Waals surface area contributed by atoms with Crippen LogP contribution in [0.1, 0.15) is 50.0 Å². The standard InChI is InChI=1S/C15H22ClN3O/c1-3-19-14(13(16)8-17-19)15(20)18-9(2)12-7-10-4-5-11(12)6-10/h8-12H,3-7H2,1-2H3,(H,18,20)/t9-,10-,11-,12+/m1/s1. The second-order valence-corrected chi connectivity index (χ2v) is 6.66. The van der Waals surface area contributed by atoms with Gasteiger partial charge in [-0.1, -0.05) is 18.0 Å². The summed E-state index contributed by atoms with van der Waals surface area (Å²) < 4.78 is 1.66. The molecule has 0 aliphatic heterocycles. The summed E-state index contributed by atoms with van der Waals surface area (Å²) in [4.78, 5) is 12.4. The molecule has 1 heterocycles. The Labute approximate surface area is 124 Å². The average molecular weight is 296 g/mol. The van der Waals surface area contributed by atoms with Crippen LogP contribution in [0.25, 0.3) is 0 Å². The number of aryl methyl sites for hydroxylation is 1. The Morgan fingerprint density at radius 3 is 2.95 bits per heavy atom. The fraction of sp³-hybridized carbons (Fsp3) is 0.733. The van der Waals surface area contributed by atoms with Crippen molar-refractivity contribution in [2.75, 3.05) is 0 Å². The molecule has 4 atom stereocenters. The number of hydrogen-bond donors (Lipinski definition) is 1. The van der Waals surface area contributed by atoms with Crippen LogP contribution < -0.4 is 5.32 Å². The smallest absolute Gasteiger partial charge is 0.271 e. The Balaban J connectivity index is 1.68. The molecule has 3 rings (SSSR count). The van der Waals surface area contributed by atoms with Crippen LogP contribution in [-0.2, 0) is 6.54 Å². The monoisotopic (exact) mass is 295 g/mol. The summed E-state index contributed by atoms with van der Waals surface area (Å²) >= 11 is 6.08. The van der Waals surface area contributed by atoms with E-state index < -0.39 is 0 Å². The number of amides is 1. The Morgan fingerprint density at radius 1 is 1.55 bits per heavy atom. The molecule has 2 aliphatic rings. The molecule has 2 saturated carbocycles. The van der Waals surface area contributed by atoms with Crippen molar-refractivity contribution in [2.45, 2.75) is 52.1 Å². The number of nitrogens with one attached hydrogen (secondary N) is 1. The van der Waals surface area contributed by atoms with Gasteiger partial charge in [0.15, 0.2) is 0 Å². The molecule has 0 radical (unpaired) electrons. The maximum Gasteiger partial charge on any atom is 0.271 e. The number of carbonyl (C=O) groups is 1. The van der Waals surface area contributed by atoms with Crippen molar-refractivity contribution in [3.63, 3.8) is 0 Å². The van der Waals surface area contributed by atoms with Crippen molar-refractivity contribution < 1.29 is 4.79 Å². The van der Waals surface area contributed by atoms with Crippen molar-refractivity contribution in [1.29, 1.82) is 0 Å². The van der Waals surface area contributed by atoms with Gasteiger partial charge in [0.25, 0.3) is 5.91 Å². The molecule has 1 amide bonds. The number of aromatic nitrogens is 2. The van der Waals surface area contributed by atoms with Crippen molar-refractivity contribution in [3.8, 4) is 0 Å². The van der Waals surface area contributed by atoms with Crippen LogP contribution in [0.3, 0.4) is 0 Å².